The highest BCUT2D eigenvalue weighted by atomic mass is 32.2. The fourth-order valence-corrected chi connectivity index (χ4v) is 6.96. The second-order valence-corrected chi connectivity index (χ2v) is 12.6. The quantitative estimate of drug-likeness (QED) is 0.333. The number of nitrogens with zero attached hydrogens (tertiary/aromatic N) is 5. The molecule has 2 aliphatic heterocycles. The van der Waals surface area contributed by atoms with Crippen molar-refractivity contribution in [2.45, 2.75) is 51.6 Å². The summed E-state index contributed by atoms with van der Waals surface area (Å²) in [4.78, 5) is 19.8. The lowest BCUT2D eigenvalue weighted by Crippen LogP contribution is -2.40. The van der Waals surface area contributed by atoms with Crippen molar-refractivity contribution >= 4 is 32.7 Å². The fraction of sp³-hybridized carbons (Fsp3) is 0.393. The molecule has 1 amide bonds. The molecular weight excluding hydrogens is 540 g/mol. The number of hydrogen-bond donors (Lipinski definition) is 0. The first-order valence-corrected chi connectivity index (χ1v) is 15.0. The highest BCUT2D eigenvalue weighted by molar-refractivity contribution is 7.88. The van der Waals surface area contributed by atoms with Gasteiger partial charge in [-0.2, -0.15) is 0 Å². The highest BCUT2D eigenvalue weighted by Gasteiger charge is 2.38. The lowest BCUT2D eigenvalue weighted by molar-refractivity contribution is -0.120. The van der Waals surface area contributed by atoms with Gasteiger partial charge in [0.15, 0.2) is 11.6 Å². The fourth-order valence-electron chi connectivity index (χ4n) is 6.08. The number of fused-ring (bicyclic) bond motifs is 1. The molecule has 40 heavy (non-hydrogen) atoms. The Kier molecular flexibility index (Phi) is 6.49. The first-order chi connectivity index (χ1) is 19.0. The van der Waals surface area contributed by atoms with Gasteiger partial charge in [-0.3, -0.25) is 4.79 Å². The number of amides is 1. The van der Waals surface area contributed by atoms with Gasteiger partial charge in [0.1, 0.15) is 11.6 Å². The molecule has 2 fully saturated rings. The third kappa shape index (κ3) is 4.48. The van der Waals surface area contributed by atoms with Crippen LogP contribution in [0.25, 0.3) is 22.2 Å². The first kappa shape index (κ1) is 26.6. The van der Waals surface area contributed by atoms with Crippen LogP contribution in [-0.4, -0.2) is 52.7 Å². The lowest BCUT2D eigenvalue weighted by atomic mass is 9.99. The summed E-state index contributed by atoms with van der Waals surface area (Å²) in [6.45, 7) is 4.35. The van der Waals surface area contributed by atoms with Crippen LogP contribution in [0.3, 0.4) is 0 Å². The number of rotatable bonds is 5. The van der Waals surface area contributed by atoms with Crippen LogP contribution < -0.4 is 4.90 Å². The summed E-state index contributed by atoms with van der Waals surface area (Å²) in [6.07, 6.45) is 3.22. The van der Waals surface area contributed by atoms with E-state index in [0.29, 0.717) is 42.9 Å². The van der Waals surface area contributed by atoms with Crippen molar-refractivity contribution in [1.29, 1.82) is 0 Å². The number of halogens is 2. The second kappa shape index (κ2) is 9.77. The van der Waals surface area contributed by atoms with Crippen LogP contribution in [0.2, 0.25) is 0 Å². The van der Waals surface area contributed by atoms with E-state index < -0.39 is 27.7 Å². The summed E-state index contributed by atoms with van der Waals surface area (Å²) in [5.74, 6) is -0.966. The van der Waals surface area contributed by atoms with Gasteiger partial charge in [0, 0.05) is 36.8 Å². The van der Waals surface area contributed by atoms with Crippen molar-refractivity contribution in [3.05, 3.63) is 65.3 Å². The molecule has 0 saturated carbocycles. The van der Waals surface area contributed by atoms with Gasteiger partial charge in [-0.05, 0) is 62.9 Å². The first-order valence-electron chi connectivity index (χ1n) is 13.2. The van der Waals surface area contributed by atoms with E-state index >= 15 is 0 Å². The molecule has 6 rings (SSSR count). The van der Waals surface area contributed by atoms with Crippen LogP contribution in [0, 0.1) is 25.5 Å². The smallest absolute Gasteiger partial charge is 0.227 e. The van der Waals surface area contributed by atoms with E-state index in [2.05, 4.69) is 5.16 Å². The van der Waals surface area contributed by atoms with E-state index in [4.69, 9.17) is 9.51 Å². The largest absolute Gasteiger partial charge is 0.361 e. The Morgan fingerprint density at radius 3 is 2.52 bits per heavy atom. The van der Waals surface area contributed by atoms with Crippen LogP contribution in [0.5, 0.6) is 0 Å². The highest BCUT2D eigenvalue weighted by Crippen LogP contribution is 2.41. The maximum atomic E-state index is 14.3. The molecule has 0 spiro atoms. The molecule has 0 radical (unpaired) electrons. The molecule has 210 valence electrons. The molecule has 2 saturated heterocycles. The van der Waals surface area contributed by atoms with Crippen molar-refractivity contribution in [1.82, 2.24) is 19.0 Å². The third-order valence-corrected chi connectivity index (χ3v) is 9.20. The maximum absolute atomic E-state index is 14.3. The van der Waals surface area contributed by atoms with E-state index in [1.165, 1.54) is 21.5 Å². The minimum Gasteiger partial charge on any atom is -0.361 e. The number of anilines is 1. The summed E-state index contributed by atoms with van der Waals surface area (Å²) in [7, 11) is -3.39. The van der Waals surface area contributed by atoms with Gasteiger partial charge in [0.25, 0.3) is 0 Å². The normalized spacial score (nSPS) is 20.6. The monoisotopic (exact) mass is 569 g/mol. The van der Waals surface area contributed by atoms with E-state index in [1.54, 1.807) is 0 Å². The van der Waals surface area contributed by atoms with Crippen molar-refractivity contribution in [3.8, 4) is 11.1 Å². The molecule has 12 heteroatoms. The van der Waals surface area contributed by atoms with Crippen molar-refractivity contribution in [3.63, 3.8) is 0 Å². The number of aromatic nitrogens is 3. The van der Waals surface area contributed by atoms with E-state index in [0.717, 1.165) is 34.5 Å². The Morgan fingerprint density at radius 1 is 1.05 bits per heavy atom. The number of hydrogen-bond acceptors (Lipinski definition) is 6. The maximum Gasteiger partial charge on any atom is 0.227 e. The molecule has 0 N–H and O–H groups in total. The summed E-state index contributed by atoms with van der Waals surface area (Å²) in [6, 6.07) is 8.54. The van der Waals surface area contributed by atoms with Crippen LogP contribution in [-0.2, 0) is 14.8 Å². The Balaban J connectivity index is 1.52. The number of sulfonamides is 1. The number of imidazole rings is 1. The molecular formula is C28H29F2N5O4S. The molecule has 2 aromatic heterocycles. The average molecular weight is 570 g/mol. The molecule has 0 aliphatic carbocycles. The van der Waals surface area contributed by atoms with Crippen LogP contribution >= 0.6 is 0 Å². The molecule has 2 aliphatic rings. The molecule has 0 bridgehead atoms. The zero-order valence-corrected chi connectivity index (χ0v) is 23.2. The van der Waals surface area contributed by atoms with Gasteiger partial charge in [0.05, 0.1) is 35.1 Å². The van der Waals surface area contributed by atoms with Gasteiger partial charge in [-0.1, -0.05) is 11.2 Å². The van der Waals surface area contributed by atoms with E-state index in [9.17, 15) is 22.0 Å². The van der Waals surface area contributed by atoms with Gasteiger partial charge in [-0.25, -0.2) is 26.5 Å². The average Bonchev–Trinajstić information content (AvgIpc) is 3.62. The third-order valence-electron chi connectivity index (χ3n) is 7.93. The summed E-state index contributed by atoms with van der Waals surface area (Å²) < 4.78 is 61.6. The van der Waals surface area contributed by atoms with Gasteiger partial charge < -0.3 is 14.0 Å². The number of piperidine rings is 1. The Hall–Kier alpha value is -3.64. The Bertz CT molecular complexity index is 1730. The number of carbonyl (C=O) groups is 1. The van der Waals surface area contributed by atoms with Gasteiger partial charge >= 0.3 is 0 Å². The van der Waals surface area contributed by atoms with Crippen molar-refractivity contribution in [2.75, 3.05) is 24.2 Å². The van der Waals surface area contributed by atoms with Gasteiger partial charge in [0.2, 0.25) is 15.9 Å². The van der Waals surface area contributed by atoms with Gasteiger partial charge in [-0.15, -0.1) is 0 Å². The molecule has 2 atom stereocenters. The second-order valence-electron chi connectivity index (χ2n) is 10.6. The molecule has 2 aromatic carbocycles. The summed E-state index contributed by atoms with van der Waals surface area (Å²) >= 11 is 0. The topological polar surface area (TPSA) is 102 Å². The number of carbonyl (C=O) groups excluding carboxylic acids is 1. The van der Waals surface area contributed by atoms with Crippen LogP contribution in [0.15, 0.2) is 40.9 Å². The Morgan fingerprint density at radius 2 is 1.85 bits per heavy atom. The van der Waals surface area contributed by atoms with Crippen LogP contribution in [0.4, 0.5) is 14.5 Å². The van der Waals surface area contributed by atoms with Crippen molar-refractivity contribution < 1.29 is 26.5 Å². The molecule has 4 heterocycles. The number of aryl methyl sites for hydroxylation is 2. The SMILES string of the molecule is Cc1noc(C)c1-c1ccc2c(c1)nc([C@@H]1CCCC(=O)N1c1ccc(F)c(F)c1)n2[C@@H]1CCN(S(C)(=O)=O)C1. The standard InChI is InChI=1S/C28H29F2N5O4S/c1-16-27(17(2)39-32-16)18-7-10-24-23(13-18)31-28(35(24)20-11-12-33(15-20)40(3,37)38)25-5-4-6-26(36)34(25)19-8-9-21(29)22(30)14-19/h7-10,13-14,20,25H,4-6,11-12,15H2,1-3H3/t20-,25+/m1/s1. The van der Waals surface area contributed by atoms with E-state index in [-0.39, 0.29) is 30.6 Å². The minimum absolute atomic E-state index is 0.207. The lowest BCUT2D eigenvalue weighted by Gasteiger charge is -2.36. The number of benzene rings is 2. The summed E-state index contributed by atoms with van der Waals surface area (Å²) in [5.41, 5.74) is 4.23. The Labute approximate surface area is 230 Å². The molecule has 4 aromatic rings. The predicted molar refractivity (Wildman–Crippen MR) is 145 cm³/mol. The van der Waals surface area contributed by atoms with Crippen molar-refractivity contribution in [2.24, 2.45) is 0 Å². The zero-order chi connectivity index (χ0) is 28.3. The zero-order valence-electron chi connectivity index (χ0n) is 22.4. The molecule has 9 nitrogen and oxygen atoms in total. The minimum atomic E-state index is -3.39. The van der Waals surface area contributed by atoms with E-state index in [1.807, 2.05) is 36.6 Å². The van der Waals surface area contributed by atoms with Crippen LogP contribution in [0.1, 0.15) is 55.0 Å². The molecule has 0 unspecified atom stereocenters. The predicted octanol–water partition coefficient (Wildman–Crippen LogP) is 5.05. The summed E-state index contributed by atoms with van der Waals surface area (Å²) in [5, 5.41) is 4.06.